The molecule has 6 heteroatoms. The van der Waals surface area contributed by atoms with Gasteiger partial charge in [0.2, 0.25) is 5.91 Å². The van der Waals surface area contributed by atoms with Crippen molar-refractivity contribution in [2.24, 2.45) is 45.1 Å². The first-order valence-corrected chi connectivity index (χ1v) is 12.5. The Morgan fingerprint density at radius 2 is 1.45 bits per heavy atom. The number of likely N-dealkylation sites (N-methyl/N-ethyl adjacent to an activating group) is 2. The number of esters is 1. The first-order chi connectivity index (χ1) is 14.7. The zero-order valence-electron chi connectivity index (χ0n) is 24.0. The summed E-state index contributed by atoms with van der Waals surface area (Å²) in [5.74, 6) is -0.941. The van der Waals surface area contributed by atoms with Crippen molar-refractivity contribution in [1.29, 1.82) is 0 Å². The van der Waals surface area contributed by atoms with Gasteiger partial charge in [-0.05, 0) is 48.1 Å². The summed E-state index contributed by atoms with van der Waals surface area (Å²) in [6.07, 6.45) is 0.617. The maximum absolute atomic E-state index is 13.6. The van der Waals surface area contributed by atoms with Gasteiger partial charge in [-0.15, -0.1) is 0 Å². The summed E-state index contributed by atoms with van der Waals surface area (Å²) in [6.45, 7) is 26.3. The lowest BCUT2D eigenvalue weighted by atomic mass is 9.52. The highest BCUT2D eigenvalue weighted by atomic mass is 16.5. The molecule has 3 N–H and O–H groups in total. The van der Waals surface area contributed by atoms with Crippen molar-refractivity contribution >= 4 is 11.9 Å². The molecule has 0 aliphatic heterocycles. The van der Waals surface area contributed by atoms with E-state index in [1.54, 1.807) is 0 Å². The maximum atomic E-state index is 13.6. The van der Waals surface area contributed by atoms with Crippen molar-refractivity contribution < 1.29 is 14.3 Å². The first-order valence-electron chi connectivity index (χ1n) is 12.5. The number of carbonyl (C=O) groups excluding carboxylic acids is 2. The van der Waals surface area contributed by atoms with E-state index in [4.69, 9.17) is 10.5 Å². The van der Waals surface area contributed by atoms with Crippen molar-refractivity contribution in [3.8, 4) is 0 Å². The number of rotatable bonds is 13. The number of nitrogens with zero attached hydrogens (tertiary/aromatic N) is 1. The summed E-state index contributed by atoms with van der Waals surface area (Å²) in [5.41, 5.74) is 4.75. The molecule has 0 radical (unpaired) electrons. The van der Waals surface area contributed by atoms with Crippen molar-refractivity contribution in [3.63, 3.8) is 0 Å². The van der Waals surface area contributed by atoms with Crippen LogP contribution in [0.4, 0.5) is 0 Å². The third kappa shape index (κ3) is 9.20. The molecule has 0 aromatic heterocycles. The lowest BCUT2D eigenvalue weighted by Gasteiger charge is -2.52. The predicted molar refractivity (Wildman–Crippen MR) is 139 cm³/mol. The fraction of sp³-hybridized carbons (Fsp3) is 0.926. The number of hydrogen-bond acceptors (Lipinski definition) is 5. The van der Waals surface area contributed by atoms with E-state index < -0.39 is 5.41 Å². The number of nitrogens with one attached hydrogen (secondary N) is 1. The SMILES string of the molecule is CNCCN(C)CCOC(=O)C(C(C)C(C)(C)C)C(C)(C)C(C)(C)CC(C(N)=O)C(C)(C)C. The monoisotopic (exact) mass is 469 g/mol. The molecule has 0 heterocycles. The van der Waals surface area contributed by atoms with E-state index >= 15 is 0 Å². The second-order valence-corrected chi connectivity index (χ2v) is 13.3. The fourth-order valence-corrected chi connectivity index (χ4v) is 4.46. The van der Waals surface area contributed by atoms with Gasteiger partial charge in [0, 0.05) is 25.6 Å². The Labute approximate surface area is 204 Å². The first kappa shape index (κ1) is 31.9. The molecule has 1 amide bonds. The van der Waals surface area contributed by atoms with Crippen LogP contribution in [0, 0.1) is 39.4 Å². The minimum atomic E-state index is -0.423. The Kier molecular flexibility index (Phi) is 11.6. The second kappa shape index (κ2) is 12.0. The molecule has 3 unspecified atom stereocenters. The van der Waals surface area contributed by atoms with Crippen LogP contribution in [0.2, 0.25) is 0 Å². The van der Waals surface area contributed by atoms with Gasteiger partial charge >= 0.3 is 5.97 Å². The molecule has 6 nitrogen and oxygen atoms in total. The zero-order chi connectivity index (χ0) is 26.4. The van der Waals surface area contributed by atoms with Gasteiger partial charge in [-0.25, -0.2) is 0 Å². The van der Waals surface area contributed by atoms with Crippen molar-refractivity contribution in [2.75, 3.05) is 40.3 Å². The molecule has 196 valence electrons. The van der Waals surface area contributed by atoms with Crippen LogP contribution in [0.1, 0.15) is 82.6 Å². The highest BCUT2D eigenvalue weighted by Crippen LogP contribution is 2.54. The van der Waals surface area contributed by atoms with Gasteiger partial charge in [0.15, 0.2) is 0 Å². The zero-order valence-corrected chi connectivity index (χ0v) is 24.0. The molecule has 33 heavy (non-hydrogen) atoms. The third-order valence-electron chi connectivity index (χ3n) is 8.21. The molecule has 0 aromatic carbocycles. The summed E-state index contributed by atoms with van der Waals surface area (Å²) in [4.78, 5) is 28.1. The van der Waals surface area contributed by atoms with Gasteiger partial charge in [-0.3, -0.25) is 9.59 Å². The largest absolute Gasteiger partial charge is 0.464 e. The minimum absolute atomic E-state index is 0.0757. The highest BCUT2D eigenvalue weighted by molar-refractivity contribution is 5.77. The molecule has 0 rings (SSSR count). The van der Waals surface area contributed by atoms with E-state index in [0.717, 1.165) is 13.1 Å². The topological polar surface area (TPSA) is 84.7 Å². The van der Waals surface area contributed by atoms with E-state index in [1.165, 1.54) is 0 Å². The van der Waals surface area contributed by atoms with E-state index in [0.29, 0.717) is 19.6 Å². The Hall–Kier alpha value is -1.14. The molecule has 0 aliphatic carbocycles. The fourth-order valence-electron chi connectivity index (χ4n) is 4.46. The Morgan fingerprint density at radius 1 is 0.939 bits per heavy atom. The van der Waals surface area contributed by atoms with Crippen molar-refractivity contribution in [3.05, 3.63) is 0 Å². The highest BCUT2D eigenvalue weighted by Gasteiger charge is 2.52. The lowest BCUT2D eigenvalue weighted by Crippen LogP contribution is -2.51. The summed E-state index contributed by atoms with van der Waals surface area (Å²) in [7, 11) is 3.96. The molecule has 0 aliphatic rings. The Bertz CT molecular complexity index is 630. The number of carbonyl (C=O) groups is 2. The van der Waals surface area contributed by atoms with E-state index in [2.05, 4.69) is 86.4 Å². The quantitative estimate of drug-likeness (QED) is 0.386. The van der Waals surface area contributed by atoms with Crippen LogP contribution >= 0.6 is 0 Å². The van der Waals surface area contributed by atoms with Crippen LogP contribution in [0.15, 0.2) is 0 Å². The summed E-state index contributed by atoms with van der Waals surface area (Å²) in [6, 6.07) is 0. The Balaban J connectivity index is 5.90. The van der Waals surface area contributed by atoms with Crippen LogP contribution in [-0.4, -0.2) is 57.1 Å². The molecule has 0 spiro atoms. The number of nitrogens with two attached hydrogens (primary N) is 1. The molecular formula is C27H55N3O3. The van der Waals surface area contributed by atoms with Gasteiger partial charge in [-0.2, -0.15) is 0 Å². The van der Waals surface area contributed by atoms with Crippen LogP contribution < -0.4 is 11.1 Å². The normalized spacial score (nSPS) is 16.4. The van der Waals surface area contributed by atoms with Crippen LogP contribution in [0.3, 0.4) is 0 Å². The van der Waals surface area contributed by atoms with Gasteiger partial charge in [0.05, 0.1) is 5.92 Å². The van der Waals surface area contributed by atoms with Gasteiger partial charge in [0.25, 0.3) is 0 Å². The minimum Gasteiger partial charge on any atom is -0.464 e. The third-order valence-corrected chi connectivity index (χ3v) is 8.21. The number of primary amides is 1. The van der Waals surface area contributed by atoms with E-state index in [9.17, 15) is 9.59 Å². The van der Waals surface area contributed by atoms with E-state index in [-0.39, 0.29) is 45.9 Å². The maximum Gasteiger partial charge on any atom is 0.309 e. The number of amides is 1. The smallest absolute Gasteiger partial charge is 0.309 e. The van der Waals surface area contributed by atoms with Crippen molar-refractivity contribution in [1.82, 2.24) is 10.2 Å². The van der Waals surface area contributed by atoms with Crippen LogP contribution in [0.5, 0.6) is 0 Å². The average Bonchev–Trinajstić information content (AvgIpc) is 2.62. The molecule has 0 saturated heterocycles. The summed E-state index contributed by atoms with van der Waals surface area (Å²) < 4.78 is 5.88. The van der Waals surface area contributed by atoms with Crippen LogP contribution in [-0.2, 0) is 14.3 Å². The standard InChI is InChI=1S/C27H55N3O3/c1-19(24(2,3)4)21(23(32)33-17-16-30(13)15-14-29-12)27(10,11)26(8,9)18-20(22(28)31)25(5,6)7/h19-21,29H,14-18H2,1-13H3,(H2,28,31). The summed E-state index contributed by atoms with van der Waals surface area (Å²) in [5, 5.41) is 3.14. The molecular weight excluding hydrogens is 414 g/mol. The second-order valence-electron chi connectivity index (χ2n) is 13.3. The average molecular weight is 470 g/mol. The number of ether oxygens (including phenoxy) is 1. The van der Waals surface area contributed by atoms with Gasteiger partial charge < -0.3 is 20.7 Å². The van der Waals surface area contributed by atoms with Crippen molar-refractivity contribution in [2.45, 2.75) is 82.6 Å². The Morgan fingerprint density at radius 3 is 1.85 bits per heavy atom. The van der Waals surface area contributed by atoms with Gasteiger partial charge in [-0.1, -0.05) is 76.2 Å². The van der Waals surface area contributed by atoms with Gasteiger partial charge in [0.1, 0.15) is 6.61 Å². The molecule has 3 atom stereocenters. The molecule has 0 aromatic rings. The molecule has 0 fully saturated rings. The molecule has 0 bridgehead atoms. The summed E-state index contributed by atoms with van der Waals surface area (Å²) >= 11 is 0. The van der Waals surface area contributed by atoms with E-state index in [1.807, 2.05) is 14.1 Å². The lowest BCUT2D eigenvalue weighted by molar-refractivity contribution is -0.165. The number of hydrogen-bond donors (Lipinski definition) is 2. The predicted octanol–water partition coefficient (Wildman–Crippen LogP) is 4.57. The molecule has 0 saturated carbocycles. The van der Waals surface area contributed by atoms with Crippen LogP contribution in [0.25, 0.3) is 0 Å².